The molecule has 0 spiro atoms. The van der Waals surface area contributed by atoms with Gasteiger partial charge in [-0.1, -0.05) is 11.1 Å². The molecule has 0 aliphatic rings. The average molecular weight is 137 g/mol. The third-order valence-electron chi connectivity index (χ3n) is 1.08. The lowest BCUT2D eigenvalue weighted by Gasteiger charge is -1.92. The number of rotatable bonds is 1. The number of aromatic nitrogens is 1. The van der Waals surface area contributed by atoms with Crippen molar-refractivity contribution in [3.63, 3.8) is 0 Å². The van der Waals surface area contributed by atoms with Crippen LogP contribution in [0.2, 0.25) is 0 Å². The van der Waals surface area contributed by atoms with Gasteiger partial charge < -0.3 is 9.63 Å². The molecule has 1 N–H and O–H groups in total. The molecular weight excluding hydrogens is 130 g/mol. The van der Waals surface area contributed by atoms with Crippen LogP contribution < -0.4 is 0 Å². The van der Waals surface area contributed by atoms with Gasteiger partial charge in [0.25, 0.3) is 0 Å². The van der Waals surface area contributed by atoms with Crippen molar-refractivity contribution in [2.75, 3.05) is 0 Å². The highest BCUT2D eigenvalue weighted by atomic mass is 16.5. The molecule has 0 aliphatic heterocycles. The Balaban J connectivity index is 2.87. The lowest BCUT2D eigenvalue weighted by atomic mass is 10.2. The van der Waals surface area contributed by atoms with Crippen molar-refractivity contribution >= 4 is 0 Å². The molecule has 1 heterocycles. The number of aliphatic hydroxyl groups excluding tert-OH is 1. The third kappa shape index (κ3) is 1.17. The van der Waals surface area contributed by atoms with E-state index in [-0.39, 0.29) is 0 Å². The molecule has 1 unspecified atom stereocenters. The minimum atomic E-state index is -0.947. The van der Waals surface area contributed by atoms with Crippen molar-refractivity contribution in [1.29, 1.82) is 0 Å². The third-order valence-corrected chi connectivity index (χ3v) is 1.08. The van der Waals surface area contributed by atoms with Crippen LogP contribution in [0.4, 0.5) is 0 Å². The van der Waals surface area contributed by atoms with Gasteiger partial charge in [-0.25, -0.2) is 0 Å². The summed E-state index contributed by atoms with van der Waals surface area (Å²) in [5.41, 5.74) is 0.389. The molecule has 0 saturated carbocycles. The van der Waals surface area contributed by atoms with Crippen molar-refractivity contribution in [3.05, 3.63) is 17.5 Å². The number of nitrogens with zero attached hydrogens (tertiary/aromatic N) is 1. The van der Waals surface area contributed by atoms with E-state index in [2.05, 4.69) is 15.6 Å². The molecule has 0 radical (unpaired) electrons. The Hall–Kier alpha value is -1.27. The maximum Gasteiger partial charge on any atom is 0.160 e. The molecule has 52 valence electrons. The summed E-state index contributed by atoms with van der Waals surface area (Å²) in [7, 11) is 0. The van der Waals surface area contributed by atoms with Gasteiger partial charge in [0.2, 0.25) is 0 Å². The lowest BCUT2D eigenvalue weighted by molar-refractivity contribution is 0.225. The summed E-state index contributed by atoms with van der Waals surface area (Å²) in [5.74, 6) is 2.77. The fourth-order valence-electron chi connectivity index (χ4n) is 0.600. The van der Waals surface area contributed by atoms with Gasteiger partial charge in [0.1, 0.15) is 11.5 Å². The van der Waals surface area contributed by atoms with Gasteiger partial charge >= 0.3 is 0 Å². The van der Waals surface area contributed by atoms with Crippen LogP contribution in [0.5, 0.6) is 0 Å². The highest BCUT2D eigenvalue weighted by Gasteiger charge is 2.07. The number of aliphatic hydroxyl groups is 1. The summed E-state index contributed by atoms with van der Waals surface area (Å²) in [4.78, 5) is 0. The molecule has 1 aromatic rings. The Morgan fingerprint density at radius 1 is 1.90 bits per heavy atom. The Morgan fingerprint density at radius 2 is 2.60 bits per heavy atom. The van der Waals surface area contributed by atoms with E-state index in [0.717, 1.165) is 0 Å². The van der Waals surface area contributed by atoms with E-state index in [9.17, 15) is 0 Å². The Bertz CT molecular complexity index is 259. The predicted molar refractivity (Wildman–Crippen MR) is 35.0 cm³/mol. The van der Waals surface area contributed by atoms with Crippen LogP contribution in [0, 0.1) is 19.3 Å². The van der Waals surface area contributed by atoms with Crippen molar-refractivity contribution < 1.29 is 9.63 Å². The van der Waals surface area contributed by atoms with E-state index < -0.39 is 6.10 Å². The van der Waals surface area contributed by atoms with Crippen LogP contribution in [-0.4, -0.2) is 10.3 Å². The second-order valence-electron chi connectivity index (χ2n) is 1.93. The number of terminal acetylenes is 1. The molecule has 0 saturated heterocycles. The number of hydrogen-bond acceptors (Lipinski definition) is 3. The van der Waals surface area contributed by atoms with Crippen LogP contribution in [-0.2, 0) is 0 Å². The summed E-state index contributed by atoms with van der Waals surface area (Å²) < 4.78 is 4.68. The molecule has 0 aliphatic carbocycles. The largest absolute Gasteiger partial charge is 0.374 e. The summed E-state index contributed by atoms with van der Waals surface area (Å²) in [6.45, 7) is 1.74. The highest BCUT2D eigenvalue weighted by Crippen LogP contribution is 2.10. The Morgan fingerprint density at radius 3 is 3.00 bits per heavy atom. The molecule has 0 fully saturated rings. The van der Waals surface area contributed by atoms with Crippen molar-refractivity contribution in [3.8, 4) is 12.3 Å². The van der Waals surface area contributed by atoms with Crippen molar-refractivity contribution in [1.82, 2.24) is 5.16 Å². The summed E-state index contributed by atoms with van der Waals surface area (Å²) in [6.07, 6.45) is 3.98. The molecular formula is C7H7NO2. The SMILES string of the molecule is C#CC(O)c1cc(C)on1. The number of hydrogen-bond donors (Lipinski definition) is 1. The van der Waals surface area contributed by atoms with E-state index in [0.29, 0.717) is 11.5 Å². The molecule has 0 aromatic carbocycles. The van der Waals surface area contributed by atoms with Crippen LogP contribution >= 0.6 is 0 Å². The van der Waals surface area contributed by atoms with Gasteiger partial charge in [-0.2, -0.15) is 0 Å². The fraction of sp³-hybridized carbons (Fsp3) is 0.286. The molecule has 1 rings (SSSR count). The van der Waals surface area contributed by atoms with Crippen LogP contribution in [0.1, 0.15) is 17.6 Å². The number of aryl methyl sites for hydroxylation is 1. The van der Waals surface area contributed by atoms with Crippen LogP contribution in [0.15, 0.2) is 10.6 Å². The predicted octanol–water partition coefficient (Wildman–Crippen LogP) is 0.650. The average Bonchev–Trinajstić information content (AvgIpc) is 2.34. The maximum atomic E-state index is 8.98. The van der Waals surface area contributed by atoms with E-state index >= 15 is 0 Å². The molecule has 0 amide bonds. The summed E-state index contributed by atoms with van der Waals surface area (Å²) >= 11 is 0. The minimum absolute atomic E-state index is 0.389. The minimum Gasteiger partial charge on any atom is -0.374 e. The second-order valence-corrected chi connectivity index (χ2v) is 1.93. The Labute approximate surface area is 58.6 Å². The first-order valence-electron chi connectivity index (χ1n) is 2.81. The first kappa shape index (κ1) is 6.84. The topological polar surface area (TPSA) is 46.3 Å². The molecule has 10 heavy (non-hydrogen) atoms. The first-order valence-corrected chi connectivity index (χ1v) is 2.81. The lowest BCUT2D eigenvalue weighted by Crippen LogP contribution is -1.91. The molecule has 3 nitrogen and oxygen atoms in total. The van der Waals surface area contributed by atoms with Gasteiger partial charge in [0, 0.05) is 6.07 Å². The van der Waals surface area contributed by atoms with E-state index in [1.165, 1.54) is 0 Å². The van der Waals surface area contributed by atoms with E-state index in [4.69, 9.17) is 11.5 Å². The zero-order valence-corrected chi connectivity index (χ0v) is 5.53. The second kappa shape index (κ2) is 2.54. The van der Waals surface area contributed by atoms with Crippen LogP contribution in [0.25, 0.3) is 0 Å². The van der Waals surface area contributed by atoms with Crippen molar-refractivity contribution in [2.24, 2.45) is 0 Å². The molecule has 0 bridgehead atoms. The zero-order valence-electron chi connectivity index (χ0n) is 5.53. The maximum absolute atomic E-state index is 8.98. The smallest absolute Gasteiger partial charge is 0.160 e. The zero-order chi connectivity index (χ0) is 7.56. The van der Waals surface area contributed by atoms with E-state index in [1.54, 1.807) is 13.0 Å². The summed E-state index contributed by atoms with van der Waals surface area (Å²) in [6, 6.07) is 1.60. The van der Waals surface area contributed by atoms with Gasteiger partial charge in [0.05, 0.1) is 0 Å². The fourth-order valence-corrected chi connectivity index (χ4v) is 0.600. The Kier molecular flexibility index (Phi) is 1.74. The first-order chi connectivity index (χ1) is 4.74. The van der Waals surface area contributed by atoms with E-state index in [1.807, 2.05) is 0 Å². The normalized spacial score (nSPS) is 12.5. The standard InChI is InChI=1S/C7H7NO2/c1-3-7(9)6-4-5(2)10-8-6/h1,4,7,9H,2H3. The molecule has 3 heteroatoms. The highest BCUT2D eigenvalue weighted by molar-refractivity contribution is 5.14. The monoisotopic (exact) mass is 137 g/mol. The summed E-state index contributed by atoms with van der Waals surface area (Å²) in [5, 5.41) is 12.5. The van der Waals surface area contributed by atoms with Crippen LogP contribution in [0.3, 0.4) is 0 Å². The molecule has 1 atom stereocenters. The van der Waals surface area contributed by atoms with Gasteiger partial charge in [-0.05, 0) is 6.92 Å². The van der Waals surface area contributed by atoms with Gasteiger partial charge in [0.15, 0.2) is 6.10 Å². The van der Waals surface area contributed by atoms with Gasteiger partial charge in [-0.15, -0.1) is 6.42 Å². The quantitative estimate of drug-likeness (QED) is 0.578. The van der Waals surface area contributed by atoms with Gasteiger partial charge in [-0.3, -0.25) is 0 Å². The molecule has 1 aromatic heterocycles. The van der Waals surface area contributed by atoms with Crippen molar-refractivity contribution in [2.45, 2.75) is 13.0 Å².